The van der Waals surface area contributed by atoms with E-state index < -0.39 is 6.04 Å². The molecule has 1 aromatic carbocycles. The Morgan fingerprint density at radius 3 is 2.58 bits per heavy atom. The quantitative estimate of drug-likeness (QED) is 0.785. The van der Waals surface area contributed by atoms with Gasteiger partial charge in [0.25, 0.3) is 0 Å². The fraction of sp³-hybridized carbons (Fsp3) is 0.263. The van der Waals surface area contributed by atoms with E-state index in [1.165, 1.54) is 6.08 Å². The molecule has 1 unspecified atom stereocenters. The second-order valence-electron chi connectivity index (χ2n) is 5.41. The lowest BCUT2D eigenvalue weighted by atomic mass is 10.2. The third-order valence-electron chi connectivity index (χ3n) is 3.58. The summed E-state index contributed by atoms with van der Waals surface area (Å²) >= 11 is 1.62. The van der Waals surface area contributed by atoms with Gasteiger partial charge in [0, 0.05) is 17.5 Å². The Bertz CT molecular complexity index is 681. The highest BCUT2D eigenvalue weighted by Crippen LogP contribution is 2.12. The SMILES string of the molecule is CCN(Cc1cccs1)C(=O)C(C)NC(=O)/C=C/c1ccccc1. The molecule has 0 spiro atoms. The zero-order chi connectivity index (χ0) is 17.4. The Labute approximate surface area is 146 Å². The molecule has 0 fully saturated rings. The lowest BCUT2D eigenvalue weighted by Gasteiger charge is -2.24. The Kier molecular flexibility index (Phi) is 6.75. The van der Waals surface area contributed by atoms with E-state index in [2.05, 4.69) is 5.32 Å². The molecule has 126 valence electrons. The number of hydrogen-bond acceptors (Lipinski definition) is 3. The van der Waals surface area contributed by atoms with E-state index in [0.29, 0.717) is 13.1 Å². The summed E-state index contributed by atoms with van der Waals surface area (Å²) in [5.41, 5.74) is 0.944. The molecule has 0 aliphatic carbocycles. The first kappa shape index (κ1) is 17.9. The van der Waals surface area contributed by atoms with Gasteiger partial charge in [0.1, 0.15) is 6.04 Å². The Morgan fingerprint density at radius 2 is 1.96 bits per heavy atom. The van der Waals surface area contributed by atoms with Gasteiger partial charge in [0.2, 0.25) is 11.8 Å². The van der Waals surface area contributed by atoms with Crippen LogP contribution < -0.4 is 5.32 Å². The number of rotatable bonds is 7. The summed E-state index contributed by atoms with van der Waals surface area (Å²) in [4.78, 5) is 27.4. The third kappa shape index (κ3) is 5.35. The average molecular weight is 342 g/mol. The zero-order valence-corrected chi connectivity index (χ0v) is 14.8. The number of amides is 2. The van der Waals surface area contributed by atoms with E-state index in [-0.39, 0.29) is 11.8 Å². The van der Waals surface area contributed by atoms with Gasteiger partial charge in [0.05, 0.1) is 6.54 Å². The minimum absolute atomic E-state index is 0.0765. The molecule has 0 aliphatic rings. The second-order valence-corrected chi connectivity index (χ2v) is 6.44. The molecule has 0 aliphatic heterocycles. The number of nitrogens with one attached hydrogen (secondary N) is 1. The largest absolute Gasteiger partial charge is 0.341 e. The molecule has 1 aromatic heterocycles. The molecule has 1 atom stereocenters. The summed E-state index contributed by atoms with van der Waals surface area (Å²) < 4.78 is 0. The number of hydrogen-bond donors (Lipinski definition) is 1. The Morgan fingerprint density at radius 1 is 1.21 bits per heavy atom. The fourth-order valence-corrected chi connectivity index (χ4v) is 2.99. The first-order chi connectivity index (χ1) is 11.6. The van der Waals surface area contributed by atoms with Gasteiger partial charge < -0.3 is 10.2 Å². The smallest absolute Gasteiger partial charge is 0.245 e. The summed E-state index contributed by atoms with van der Waals surface area (Å²) in [6.07, 6.45) is 3.18. The van der Waals surface area contributed by atoms with Gasteiger partial charge in [-0.2, -0.15) is 0 Å². The third-order valence-corrected chi connectivity index (χ3v) is 4.44. The molecule has 4 nitrogen and oxygen atoms in total. The minimum Gasteiger partial charge on any atom is -0.341 e. The van der Waals surface area contributed by atoms with Gasteiger partial charge >= 0.3 is 0 Å². The Hall–Kier alpha value is -2.40. The number of nitrogens with zero attached hydrogens (tertiary/aromatic N) is 1. The number of benzene rings is 1. The summed E-state index contributed by atoms with van der Waals surface area (Å²) in [5.74, 6) is -0.348. The molecule has 5 heteroatoms. The number of thiophene rings is 1. The van der Waals surface area contributed by atoms with Crippen LogP contribution in [0, 0.1) is 0 Å². The van der Waals surface area contributed by atoms with Crippen LogP contribution in [0.4, 0.5) is 0 Å². The molecule has 1 N–H and O–H groups in total. The molecule has 0 radical (unpaired) electrons. The Balaban J connectivity index is 1.89. The van der Waals surface area contributed by atoms with E-state index in [9.17, 15) is 9.59 Å². The molecule has 0 saturated carbocycles. The van der Waals surface area contributed by atoms with E-state index in [0.717, 1.165) is 10.4 Å². The van der Waals surface area contributed by atoms with Crippen LogP contribution in [0.5, 0.6) is 0 Å². The minimum atomic E-state index is -0.558. The van der Waals surface area contributed by atoms with E-state index in [1.807, 2.05) is 54.8 Å². The van der Waals surface area contributed by atoms with Crippen molar-refractivity contribution in [2.75, 3.05) is 6.54 Å². The summed E-state index contributed by atoms with van der Waals surface area (Å²) in [7, 11) is 0. The van der Waals surface area contributed by atoms with Crippen LogP contribution >= 0.6 is 11.3 Å². The molecule has 2 aromatic rings. The van der Waals surface area contributed by atoms with Gasteiger partial charge in [-0.1, -0.05) is 36.4 Å². The number of likely N-dealkylation sites (N-methyl/N-ethyl adjacent to an activating group) is 1. The molecule has 0 bridgehead atoms. The van der Waals surface area contributed by atoms with Gasteiger partial charge in [-0.05, 0) is 36.9 Å². The molecular formula is C19H22N2O2S. The van der Waals surface area contributed by atoms with Crippen LogP contribution in [0.1, 0.15) is 24.3 Å². The molecule has 2 amide bonds. The normalized spacial score (nSPS) is 12.1. The van der Waals surface area contributed by atoms with E-state index >= 15 is 0 Å². The monoisotopic (exact) mass is 342 g/mol. The fourth-order valence-electron chi connectivity index (χ4n) is 2.27. The first-order valence-electron chi connectivity index (χ1n) is 7.95. The lowest BCUT2D eigenvalue weighted by Crippen LogP contribution is -2.46. The van der Waals surface area contributed by atoms with E-state index in [4.69, 9.17) is 0 Å². The predicted molar refractivity (Wildman–Crippen MR) is 98.5 cm³/mol. The maximum absolute atomic E-state index is 12.5. The molecule has 2 rings (SSSR count). The van der Waals surface area contributed by atoms with Gasteiger partial charge in [-0.25, -0.2) is 0 Å². The van der Waals surface area contributed by atoms with Crippen molar-refractivity contribution in [3.8, 4) is 0 Å². The highest BCUT2D eigenvalue weighted by Gasteiger charge is 2.20. The van der Waals surface area contributed by atoms with Crippen LogP contribution in [0.2, 0.25) is 0 Å². The maximum Gasteiger partial charge on any atom is 0.245 e. The standard InChI is InChI=1S/C19H22N2O2S/c1-3-21(14-17-10-7-13-24-17)19(23)15(2)20-18(22)12-11-16-8-5-4-6-9-16/h4-13,15H,3,14H2,1-2H3,(H,20,22)/b12-11+. The number of carbonyl (C=O) groups is 2. The van der Waals surface area contributed by atoms with Gasteiger partial charge in [0.15, 0.2) is 0 Å². The van der Waals surface area contributed by atoms with Crippen LogP contribution in [0.25, 0.3) is 6.08 Å². The predicted octanol–water partition coefficient (Wildman–Crippen LogP) is 3.31. The second kappa shape index (κ2) is 9.03. The van der Waals surface area contributed by atoms with Crippen molar-refractivity contribution in [3.63, 3.8) is 0 Å². The molecule has 24 heavy (non-hydrogen) atoms. The summed E-state index contributed by atoms with van der Waals surface area (Å²) in [6.45, 7) is 4.84. The van der Waals surface area contributed by atoms with Crippen molar-refractivity contribution in [3.05, 3.63) is 64.4 Å². The van der Waals surface area contributed by atoms with Crippen LogP contribution in [-0.4, -0.2) is 29.3 Å². The summed E-state index contributed by atoms with van der Waals surface area (Å²) in [5, 5.41) is 4.72. The van der Waals surface area contributed by atoms with Crippen LogP contribution in [-0.2, 0) is 16.1 Å². The molecular weight excluding hydrogens is 320 g/mol. The van der Waals surface area contributed by atoms with Crippen molar-refractivity contribution in [2.45, 2.75) is 26.4 Å². The van der Waals surface area contributed by atoms with Crippen molar-refractivity contribution >= 4 is 29.2 Å². The maximum atomic E-state index is 12.5. The highest BCUT2D eigenvalue weighted by molar-refractivity contribution is 7.09. The van der Waals surface area contributed by atoms with Crippen LogP contribution in [0.3, 0.4) is 0 Å². The topological polar surface area (TPSA) is 49.4 Å². The van der Waals surface area contributed by atoms with Crippen molar-refractivity contribution in [1.29, 1.82) is 0 Å². The molecule has 1 heterocycles. The highest BCUT2D eigenvalue weighted by atomic mass is 32.1. The lowest BCUT2D eigenvalue weighted by molar-refractivity contribution is -0.135. The average Bonchev–Trinajstić information content (AvgIpc) is 3.11. The van der Waals surface area contributed by atoms with E-state index in [1.54, 1.807) is 29.2 Å². The van der Waals surface area contributed by atoms with Crippen molar-refractivity contribution in [2.24, 2.45) is 0 Å². The van der Waals surface area contributed by atoms with Gasteiger partial charge in [-0.3, -0.25) is 9.59 Å². The van der Waals surface area contributed by atoms with Crippen LogP contribution in [0.15, 0.2) is 53.9 Å². The first-order valence-corrected chi connectivity index (χ1v) is 8.83. The molecule has 0 saturated heterocycles. The van der Waals surface area contributed by atoms with Gasteiger partial charge in [-0.15, -0.1) is 11.3 Å². The summed E-state index contributed by atoms with van der Waals surface area (Å²) in [6, 6.07) is 13.0. The van der Waals surface area contributed by atoms with Crippen molar-refractivity contribution in [1.82, 2.24) is 10.2 Å². The zero-order valence-electron chi connectivity index (χ0n) is 13.9. The van der Waals surface area contributed by atoms with Crippen molar-refractivity contribution < 1.29 is 9.59 Å². The number of carbonyl (C=O) groups excluding carboxylic acids is 2.